The zero-order valence-corrected chi connectivity index (χ0v) is 13.6. The van der Waals surface area contributed by atoms with Gasteiger partial charge in [0.25, 0.3) is 0 Å². The minimum absolute atomic E-state index is 0.0477. The van der Waals surface area contributed by atoms with E-state index in [9.17, 15) is 8.42 Å². The SMILES string of the molecule is CCS(=O)(=O)N1CCC[C@@]2(C[C@@H](Oc3cccnc3)CO2)C1. The van der Waals surface area contributed by atoms with Gasteiger partial charge in [0, 0.05) is 25.7 Å². The van der Waals surface area contributed by atoms with Crippen molar-refractivity contribution in [1.29, 1.82) is 0 Å². The molecular weight excluding hydrogens is 304 g/mol. The van der Waals surface area contributed by atoms with Crippen LogP contribution in [0, 0.1) is 0 Å². The van der Waals surface area contributed by atoms with Gasteiger partial charge in [-0.3, -0.25) is 4.98 Å². The zero-order chi connectivity index (χ0) is 15.6. The van der Waals surface area contributed by atoms with E-state index in [0.29, 0.717) is 19.7 Å². The largest absolute Gasteiger partial charge is 0.486 e. The maximum absolute atomic E-state index is 12.1. The first kappa shape index (κ1) is 15.7. The molecule has 7 heteroatoms. The molecule has 2 saturated heterocycles. The van der Waals surface area contributed by atoms with Gasteiger partial charge in [0.2, 0.25) is 10.0 Å². The lowest BCUT2D eigenvalue weighted by atomic mass is 9.90. The molecule has 2 atom stereocenters. The smallest absolute Gasteiger partial charge is 0.213 e. The lowest BCUT2D eigenvalue weighted by Crippen LogP contribution is -2.50. The van der Waals surface area contributed by atoms with Crippen LogP contribution in [0.15, 0.2) is 24.5 Å². The van der Waals surface area contributed by atoms with Gasteiger partial charge in [0.15, 0.2) is 0 Å². The van der Waals surface area contributed by atoms with Crippen molar-refractivity contribution in [1.82, 2.24) is 9.29 Å². The first-order chi connectivity index (χ1) is 10.5. The van der Waals surface area contributed by atoms with Crippen LogP contribution in [-0.4, -0.2) is 54.9 Å². The van der Waals surface area contributed by atoms with E-state index >= 15 is 0 Å². The highest BCUT2D eigenvalue weighted by atomic mass is 32.2. The molecule has 2 fully saturated rings. The highest BCUT2D eigenvalue weighted by Crippen LogP contribution is 2.36. The molecule has 2 aliphatic rings. The molecule has 0 aliphatic carbocycles. The molecule has 0 saturated carbocycles. The van der Waals surface area contributed by atoms with Gasteiger partial charge in [0.1, 0.15) is 11.9 Å². The van der Waals surface area contributed by atoms with E-state index in [1.165, 1.54) is 0 Å². The van der Waals surface area contributed by atoms with Crippen molar-refractivity contribution in [3.8, 4) is 5.75 Å². The molecule has 0 unspecified atom stereocenters. The molecule has 122 valence electrons. The molecule has 6 nitrogen and oxygen atoms in total. The molecule has 2 aliphatic heterocycles. The van der Waals surface area contributed by atoms with Crippen LogP contribution >= 0.6 is 0 Å². The monoisotopic (exact) mass is 326 g/mol. The number of rotatable bonds is 4. The summed E-state index contributed by atoms with van der Waals surface area (Å²) < 4.78 is 37.6. The van der Waals surface area contributed by atoms with Gasteiger partial charge in [-0.25, -0.2) is 8.42 Å². The van der Waals surface area contributed by atoms with Crippen molar-refractivity contribution in [3.05, 3.63) is 24.5 Å². The molecule has 0 aromatic carbocycles. The van der Waals surface area contributed by atoms with Crippen molar-refractivity contribution >= 4 is 10.0 Å². The van der Waals surface area contributed by atoms with Crippen molar-refractivity contribution in [2.45, 2.75) is 37.9 Å². The average Bonchev–Trinajstić information content (AvgIpc) is 2.90. The van der Waals surface area contributed by atoms with Crippen molar-refractivity contribution in [3.63, 3.8) is 0 Å². The van der Waals surface area contributed by atoms with Gasteiger partial charge in [0.05, 0.1) is 24.2 Å². The first-order valence-corrected chi connectivity index (χ1v) is 9.32. The van der Waals surface area contributed by atoms with Gasteiger partial charge in [-0.1, -0.05) is 0 Å². The highest BCUT2D eigenvalue weighted by Gasteiger charge is 2.46. The van der Waals surface area contributed by atoms with Crippen LogP contribution < -0.4 is 4.74 Å². The number of hydrogen-bond donors (Lipinski definition) is 0. The lowest BCUT2D eigenvalue weighted by molar-refractivity contribution is -0.0338. The number of hydrogen-bond acceptors (Lipinski definition) is 5. The van der Waals surface area contributed by atoms with E-state index in [2.05, 4.69) is 4.98 Å². The van der Waals surface area contributed by atoms with Crippen LogP contribution in [0.1, 0.15) is 26.2 Å². The summed E-state index contributed by atoms with van der Waals surface area (Å²) in [5, 5.41) is 0. The Kier molecular flexibility index (Phi) is 4.38. The summed E-state index contributed by atoms with van der Waals surface area (Å²) in [6.07, 6.45) is 5.77. The summed E-state index contributed by atoms with van der Waals surface area (Å²) in [4.78, 5) is 4.03. The summed E-state index contributed by atoms with van der Waals surface area (Å²) in [5.74, 6) is 0.862. The maximum atomic E-state index is 12.1. The number of aromatic nitrogens is 1. The number of sulfonamides is 1. The Morgan fingerprint density at radius 1 is 1.55 bits per heavy atom. The molecule has 1 aromatic heterocycles. The Morgan fingerprint density at radius 3 is 3.14 bits per heavy atom. The minimum Gasteiger partial charge on any atom is -0.486 e. The number of nitrogens with zero attached hydrogens (tertiary/aromatic N) is 2. The third-order valence-corrected chi connectivity index (χ3v) is 6.20. The van der Waals surface area contributed by atoms with E-state index in [0.717, 1.165) is 25.0 Å². The van der Waals surface area contributed by atoms with Crippen LogP contribution in [0.4, 0.5) is 0 Å². The Hall–Kier alpha value is -1.18. The van der Waals surface area contributed by atoms with Crippen LogP contribution in [0.3, 0.4) is 0 Å². The molecule has 3 heterocycles. The molecule has 0 bridgehead atoms. The topological polar surface area (TPSA) is 68.7 Å². The van der Waals surface area contributed by atoms with E-state index in [-0.39, 0.29) is 11.9 Å². The second-order valence-corrected chi connectivity index (χ2v) is 8.22. The molecule has 0 radical (unpaired) electrons. The van der Waals surface area contributed by atoms with Gasteiger partial charge < -0.3 is 9.47 Å². The Bertz CT molecular complexity index is 607. The van der Waals surface area contributed by atoms with Gasteiger partial charge in [-0.2, -0.15) is 4.31 Å². The van der Waals surface area contributed by atoms with E-state index < -0.39 is 15.6 Å². The second-order valence-electron chi connectivity index (χ2n) is 5.96. The number of pyridine rings is 1. The Labute approximate surface area is 131 Å². The standard InChI is InChI=1S/C15H22N2O4S/c1-2-22(18,19)17-8-4-6-15(12-17)9-14(11-20-15)21-13-5-3-7-16-10-13/h3,5,7,10,14H,2,4,6,8-9,11-12H2,1H3/t14-,15-/m1/s1. The number of ether oxygens (including phenoxy) is 2. The fraction of sp³-hybridized carbons (Fsp3) is 0.667. The van der Waals surface area contributed by atoms with Crippen molar-refractivity contribution in [2.24, 2.45) is 0 Å². The molecule has 22 heavy (non-hydrogen) atoms. The van der Waals surface area contributed by atoms with Crippen molar-refractivity contribution < 1.29 is 17.9 Å². The first-order valence-electron chi connectivity index (χ1n) is 7.71. The molecule has 0 N–H and O–H groups in total. The third kappa shape index (κ3) is 3.26. The van der Waals surface area contributed by atoms with E-state index in [1.54, 1.807) is 23.6 Å². The molecular formula is C15H22N2O4S. The molecule has 1 aromatic rings. The highest BCUT2D eigenvalue weighted by molar-refractivity contribution is 7.89. The third-order valence-electron chi connectivity index (χ3n) is 4.37. The van der Waals surface area contributed by atoms with Crippen LogP contribution in [-0.2, 0) is 14.8 Å². The predicted octanol–water partition coefficient (Wildman–Crippen LogP) is 1.43. The summed E-state index contributed by atoms with van der Waals surface area (Å²) in [5.41, 5.74) is -0.395. The normalized spacial score (nSPS) is 29.8. The second kappa shape index (κ2) is 6.14. The van der Waals surface area contributed by atoms with Gasteiger partial charge in [-0.05, 0) is 31.9 Å². The van der Waals surface area contributed by atoms with Gasteiger partial charge >= 0.3 is 0 Å². The lowest BCUT2D eigenvalue weighted by Gasteiger charge is -2.38. The predicted molar refractivity (Wildman–Crippen MR) is 82.2 cm³/mol. The Balaban J connectivity index is 1.65. The van der Waals surface area contributed by atoms with Crippen LogP contribution in [0.2, 0.25) is 0 Å². The zero-order valence-electron chi connectivity index (χ0n) is 12.8. The summed E-state index contributed by atoms with van der Waals surface area (Å²) in [7, 11) is -3.16. The van der Waals surface area contributed by atoms with Crippen molar-refractivity contribution in [2.75, 3.05) is 25.4 Å². The van der Waals surface area contributed by atoms with Gasteiger partial charge in [-0.15, -0.1) is 0 Å². The fourth-order valence-corrected chi connectivity index (χ4v) is 4.45. The van der Waals surface area contributed by atoms with E-state index in [4.69, 9.17) is 9.47 Å². The summed E-state index contributed by atoms with van der Waals surface area (Å²) >= 11 is 0. The maximum Gasteiger partial charge on any atom is 0.213 e. The van der Waals surface area contributed by atoms with Crippen LogP contribution in [0.5, 0.6) is 5.75 Å². The minimum atomic E-state index is -3.16. The summed E-state index contributed by atoms with van der Waals surface area (Å²) in [6.45, 7) is 3.21. The number of piperidine rings is 1. The Morgan fingerprint density at radius 2 is 2.41 bits per heavy atom. The summed E-state index contributed by atoms with van der Waals surface area (Å²) in [6, 6.07) is 3.70. The average molecular weight is 326 g/mol. The van der Waals surface area contributed by atoms with E-state index in [1.807, 2.05) is 12.1 Å². The fourth-order valence-electron chi connectivity index (χ4n) is 3.25. The van der Waals surface area contributed by atoms with Crippen LogP contribution in [0.25, 0.3) is 0 Å². The molecule has 1 spiro atoms. The quantitative estimate of drug-likeness (QED) is 0.837. The molecule has 0 amide bonds. The molecule has 3 rings (SSSR count).